The van der Waals surface area contributed by atoms with Gasteiger partial charge in [-0.25, -0.2) is 0 Å². The number of hydrogen-bond acceptors (Lipinski definition) is 1. The number of aliphatic hydroxyl groups is 1. The lowest BCUT2D eigenvalue weighted by atomic mass is 9.95. The van der Waals surface area contributed by atoms with Gasteiger partial charge in [-0.2, -0.15) is 0 Å². The molecule has 0 aromatic heterocycles. The maximum absolute atomic E-state index is 9.32. The summed E-state index contributed by atoms with van der Waals surface area (Å²) in [6.45, 7) is 14.8. The average Bonchev–Trinajstić information content (AvgIpc) is 2.21. The maximum Gasteiger partial charge on any atom is 0.0565 e. The van der Waals surface area contributed by atoms with E-state index in [4.69, 9.17) is 0 Å². The van der Waals surface area contributed by atoms with Crippen LogP contribution in [-0.2, 0) is 0 Å². The van der Waals surface area contributed by atoms with E-state index in [9.17, 15) is 5.11 Å². The van der Waals surface area contributed by atoms with Crippen molar-refractivity contribution in [2.75, 3.05) is 0 Å². The lowest BCUT2D eigenvalue weighted by molar-refractivity contribution is 0.0990. The van der Waals surface area contributed by atoms with E-state index < -0.39 is 0 Å². The summed E-state index contributed by atoms with van der Waals surface area (Å²) >= 11 is 0. The van der Waals surface area contributed by atoms with E-state index in [0.29, 0.717) is 5.92 Å². The molecule has 0 aromatic rings. The standard InChI is InChI=1S/C8H18O.2C3H8.2CH4/c1-4-7(5-2)8(9)6-3;2*1-3-2;;/h7-9H,4-6H2,1-3H3;2*3H2,1-2H3;2*1H4. The van der Waals surface area contributed by atoms with Gasteiger partial charge < -0.3 is 5.11 Å². The second-order valence-electron chi connectivity index (χ2n) is 3.97. The topological polar surface area (TPSA) is 20.2 Å². The summed E-state index contributed by atoms with van der Waals surface area (Å²) in [7, 11) is 0. The van der Waals surface area contributed by atoms with Crippen LogP contribution in [0.15, 0.2) is 0 Å². The first-order valence-electron chi connectivity index (χ1n) is 6.77. The molecule has 0 fully saturated rings. The molecule has 17 heavy (non-hydrogen) atoms. The van der Waals surface area contributed by atoms with Crippen LogP contribution in [0.5, 0.6) is 0 Å². The molecule has 0 bridgehead atoms. The Bertz CT molecular complexity index is 75.6. The molecule has 1 atom stereocenters. The van der Waals surface area contributed by atoms with E-state index in [-0.39, 0.29) is 21.0 Å². The van der Waals surface area contributed by atoms with Gasteiger partial charge in [-0.1, -0.05) is 89.0 Å². The highest BCUT2D eigenvalue weighted by molar-refractivity contribution is 4.63. The number of rotatable bonds is 4. The van der Waals surface area contributed by atoms with Gasteiger partial charge in [0.15, 0.2) is 0 Å². The van der Waals surface area contributed by atoms with E-state index in [0.717, 1.165) is 19.3 Å². The third kappa shape index (κ3) is 31.4. The van der Waals surface area contributed by atoms with Gasteiger partial charge >= 0.3 is 0 Å². The molecule has 1 unspecified atom stereocenters. The smallest absolute Gasteiger partial charge is 0.0565 e. The van der Waals surface area contributed by atoms with Crippen molar-refractivity contribution in [3.63, 3.8) is 0 Å². The zero-order chi connectivity index (χ0) is 12.7. The molecular weight excluding hydrogens is 208 g/mol. The van der Waals surface area contributed by atoms with Crippen LogP contribution in [0.3, 0.4) is 0 Å². The van der Waals surface area contributed by atoms with Crippen LogP contribution >= 0.6 is 0 Å². The zero-order valence-electron chi connectivity index (χ0n) is 12.1. The van der Waals surface area contributed by atoms with Crippen molar-refractivity contribution >= 4 is 0 Å². The molecule has 0 rings (SSSR count). The summed E-state index contributed by atoms with van der Waals surface area (Å²) < 4.78 is 0. The first-order valence-corrected chi connectivity index (χ1v) is 6.77. The zero-order valence-corrected chi connectivity index (χ0v) is 12.1. The van der Waals surface area contributed by atoms with Crippen molar-refractivity contribution in [3.05, 3.63) is 0 Å². The van der Waals surface area contributed by atoms with E-state index in [1.165, 1.54) is 12.8 Å². The fourth-order valence-corrected chi connectivity index (χ4v) is 1.17. The molecule has 112 valence electrons. The molecule has 0 aliphatic heterocycles. The molecule has 0 saturated heterocycles. The van der Waals surface area contributed by atoms with E-state index in [1.54, 1.807) is 0 Å². The molecule has 1 N–H and O–H groups in total. The van der Waals surface area contributed by atoms with Crippen molar-refractivity contribution in [2.24, 2.45) is 5.92 Å². The van der Waals surface area contributed by atoms with E-state index in [1.807, 2.05) is 6.92 Å². The number of hydrogen-bond donors (Lipinski definition) is 1. The Morgan fingerprint density at radius 1 is 0.647 bits per heavy atom. The van der Waals surface area contributed by atoms with Crippen molar-refractivity contribution in [3.8, 4) is 0 Å². The molecule has 0 aliphatic carbocycles. The van der Waals surface area contributed by atoms with Crippen LogP contribution in [0.1, 0.15) is 95.4 Å². The Labute approximate surface area is 113 Å². The van der Waals surface area contributed by atoms with Crippen molar-refractivity contribution < 1.29 is 5.11 Å². The molecular formula is C16H42O. The minimum atomic E-state index is -0.0694. The summed E-state index contributed by atoms with van der Waals surface area (Å²) in [5.41, 5.74) is 0. The van der Waals surface area contributed by atoms with Gasteiger partial charge in [-0.05, 0) is 12.3 Å². The summed E-state index contributed by atoms with van der Waals surface area (Å²) in [6, 6.07) is 0. The minimum Gasteiger partial charge on any atom is -0.393 e. The molecule has 0 aromatic carbocycles. The molecule has 0 radical (unpaired) electrons. The Balaban J connectivity index is -0.0000000514. The average molecular weight is 251 g/mol. The van der Waals surface area contributed by atoms with Gasteiger partial charge in [-0.3, -0.25) is 0 Å². The maximum atomic E-state index is 9.32. The Morgan fingerprint density at radius 3 is 0.941 bits per heavy atom. The van der Waals surface area contributed by atoms with E-state index >= 15 is 0 Å². The predicted octanol–water partition coefficient (Wildman–Crippen LogP) is 6.30. The van der Waals surface area contributed by atoms with Gasteiger partial charge in [0.1, 0.15) is 0 Å². The van der Waals surface area contributed by atoms with Crippen LogP contribution < -0.4 is 0 Å². The lowest BCUT2D eigenvalue weighted by Crippen LogP contribution is -2.17. The van der Waals surface area contributed by atoms with Gasteiger partial charge in [0.2, 0.25) is 0 Å². The molecule has 1 heteroatoms. The normalized spacial score (nSPS) is 9.71. The Kier molecular flexibility index (Phi) is 52.8. The third-order valence-corrected chi connectivity index (χ3v) is 2.01. The highest BCUT2D eigenvalue weighted by atomic mass is 16.3. The van der Waals surface area contributed by atoms with Crippen LogP contribution in [0.25, 0.3) is 0 Å². The first kappa shape index (κ1) is 30.2. The Morgan fingerprint density at radius 2 is 0.882 bits per heavy atom. The number of aliphatic hydroxyl groups excluding tert-OH is 1. The van der Waals surface area contributed by atoms with Crippen LogP contribution in [-0.4, -0.2) is 11.2 Å². The monoisotopic (exact) mass is 250 g/mol. The van der Waals surface area contributed by atoms with Crippen molar-refractivity contribution in [2.45, 2.75) is 102 Å². The van der Waals surface area contributed by atoms with E-state index in [2.05, 4.69) is 41.5 Å². The molecule has 1 nitrogen and oxygen atoms in total. The molecule has 0 spiro atoms. The Hall–Kier alpha value is -0.0400. The largest absolute Gasteiger partial charge is 0.393 e. The summed E-state index contributed by atoms with van der Waals surface area (Å²) in [5, 5.41) is 9.32. The van der Waals surface area contributed by atoms with Crippen molar-refractivity contribution in [1.82, 2.24) is 0 Å². The highest BCUT2D eigenvalue weighted by Gasteiger charge is 2.11. The second-order valence-corrected chi connectivity index (χ2v) is 3.97. The van der Waals surface area contributed by atoms with Gasteiger partial charge in [0.25, 0.3) is 0 Å². The SMILES string of the molecule is C.C.CCC.CCC.CCC(O)C(CC)CC. The summed E-state index contributed by atoms with van der Waals surface area (Å²) in [5.74, 6) is 0.523. The summed E-state index contributed by atoms with van der Waals surface area (Å²) in [6.07, 6.45) is 5.53. The highest BCUT2D eigenvalue weighted by Crippen LogP contribution is 2.14. The van der Waals surface area contributed by atoms with Crippen LogP contribution in [0, 0.1) is 5.92 Å². The quantitative estimate of drug-likeness (QED) is 0.621. The van der Waals surface area contributed by atoms with Gasteiger partial charge in [0, 0.05) is 0 Å². The predicted molar refractivity (Wildman–Crippen MR) is 85.8 cm³/mol. The lowest BCUT2D eigenvalue weighted by Gasteiger charge is -2.17. The van der Waals surface area contributed by atoms with Crippen LogP contribution in [0.4, 0.5) is 0 Å². The minimum absolute atomic E-state index is 0. The molecule has 0 saturated carbocycles. The fourth-order valence-electron chi connectivity index (χ4n) is 1.17. The second kappa shape index (κ2) is 29.7. The fraction of sp³-hybridized carbons (Fsp3) is 1.00. The molecule has 0 heterocycles. The van der Waals surface area contributed by atoms with Crippen molar-refractivity contribution in [1.29, 1.82) is 0 Å². The van der Waals surface area contributed by atoms with Crippen LogP contribution in [0.2, 0.25) is 0 Å². The summed E-state index contributed by atoms with van der Waals surface area (Å²) in [4.78, 5) is 0. The van der Waals surface area contributed by atoms with Gasteiger partial charge in [0.05, 0.1) is 6.10 Å². The molecule has 0 amide bonds. The van der Waals surface area contributed by atoms with Gasteiger partial charge in [-0.15, -0.1) is 0 Å². The third-order valence-electron chi connectivity index (χ3n) is 2.01. The molecule has 0 aliphatic rings. The first-order chi connectivity index (χ1) is 7.09.